The van der Waals surface area contributed by atoms with Crippen molar-refractivity contribution in [3.05, 3.63) is 29.6 Å². The van der Waals surface area contributed by atoms with E-state index in [1.165, 1.54) is 11.3 Å². The molecular weight excluding hydrogens is 286 g/mol. The third-order valence-electron chi connectivity index (χ3n) is 3.86. The molecule has 1 unspecified atom stereocenters. The zero-order chi connectivity index (χ0) is 14.4. The van der Waals surface area contributed by atoms with Crippen LogP contribution in [-0.4, -0.2) is 33.0 Å². The number of hydrogen-bond donors (Lipinski definition) is 1. The Bertz CT molecular complexity index is 803. The number of ether oxygens (including phenoxy) is 1. The van der Waals surface area contributed by atoms with Crippen molar-refractivity contribution in [3.63, 3.8) is 0 Å². The first-order chi connectivity index (χ1) is 10.2. The minimum atomic E-state index is 0.282. The number of rotatable bonds is 2. The summed E-state index contributed by atoms with van der Waals surface area (Å²) < 4.78 is 7.27. The van der Waals surface area contributed by atoms with Crippen LogP contribution in [0.15, 0.2) is 18.2 Å². The number of aryl methyl sites for hydroxylation is 1. The summed E-state index contributed by atoms with van der Waals surface area (Å²) in [6.45, 7) is 3.47. The fourth-order valence-corrected chi connectivity index (χ4v) is 3.49. The number of fused-ring (bicyclic) bond motifs is 1. The number of nitrogen functional groups attached to an aromatic ring is 1. The Morgan fingerprint density at radius 1 is 1.38 bits per heavy atom. The number of aromatic nitrogens is 4. The van der Waals surface area contributed by atoms with E-state index in [-0.39, 0.29) is 5.92 Å². The lowest BCUT2D eigenvalue weighted by Gasteiger charge is -2.05. The van der Waals surface area contributed by atoms with E-state index >= 15 is 0 Å². The van der Waals surface area contributed by atoms with Gasteiger partial charge in [0.25, 0.3) is 0 Å². The van der Waals surface area contributed by atoms with E-state index in [2.05, 4.69) is 15.3 Å². The first-order valence-corrected chi connectivity index (χ1v) is 7.71. The average molecular weight is 301 g/mol. The van der Waals surface area contributed by atoms with Crippen LogP contribution >= 0.6 is 11.3 Å². The Kier molecular flexibility index (Phi) is 2.90. The summed E-state index contributed by atoms with van der Waals surface area (Å²) >= 11 is 1.51. The molecule has 3 aromatic rings. The van der Waals surface area contributed by atoms with Gasteiger partial charge in [0.1, 0.15) is 5.01 Å². The molecule has 0 spiro atoms. The molecule has 0 bridgehead atoms. The van der Waals surface area contributed by atoms with E-state index in [1.807, 2.05) is 29.6 Å². The highest BCUT2D eigenvalue weighted by Gasteiger charge is 2.25. The van der Waals surface area contributed by atoms with Gasteiger partial charge in [-0.25, -0.2) is 0 Å². The van der Waals surface area contributed by atoms with Gasteiger partial charge in [-0.2, -0.15) is 9.61 Å². The molecule has 1 aliphatic heterocycles. The number of anilines is 1. The van der Waals surface area contributed by atoms with Crippen LogP contribution in [-0.2, 0) is 4.74 Å². The second-order valence-electron chi connectivity index (χ2n) is 5.26. The first-order valence-electron chi connectivity index (χ1n) is 6.89. The highest BCUT2D eigenvalue weighted by molar-refractivity contribution is 7.19. The van der Waals surface area contributed by atoms with Crippen LogP contribution in [0.2, 0.25) is 0 Å². The van der Waals surface area contributed by atoms with Crippen molar-refractivity contribution in [1.82, 2.24) is 19.8 Å². The summed E-state index contributed by atoms with van der Waals surface area (Å²) in [7, 11) is 0. The Labute approximate surface area is 125 Å². The Morgan fingerprint density at radius 3 is 3.10 bits per heavy atom. The smallest absolute Gasteiger partial charge is 0.234 e. The van der Waals surface area contributed by atoms with Gasteiger partial charge in [0.15, 0.2) is 5.82 Å². The molecule has 6 nitrogen and oxygen atoms in total. The maximum Gasteiger partial charge on any atom is 0.234 e. The van der Waals surface area contributed by atoms with Crippen LogP contribution < -0.4 is 5.73 Å². The molecule has 2 aromatic heterocycles. The van der Waals surface area contributed by atoms with Crippen molar-refractivity contribution in [2.75, 3.05) is 18.9 Å². The average Bonchev–Trinajstić information content (AvgIpc) is 3.16. The van der Waals surface area contributed by atoms with E-state index in [4.69, 9.17) is 10.5 Å². The molecule has 1 fully saturated rings. The highest BCUT2D eigenvalue weighted by atomic mass is 32.1. The minimum Gasteiger partial charge on any atom is -0.398 e. The molecule has 4 rings (SSSR count). The van der Waals surface area contributed by atoms with Crippen LogP contribution in [0.3, 0.4) is 0 Å². The van der Waals surface area contributed by atoms with Crippen molar-refractivity contribution >= 4 is 22.0 Å². The van der Waals surface area contributed by atoms with Gasteiger partial charge in [-0.15, -0.1) is 10.2 Å². The summed E-state index contributed by atoms with van der Waals surface area (Å²) in [6.07, 6.45) is 0.972. The predicted octanol–water partition coefficient (Wildman–Crippen LogP) is 2.25. The van der Waals surface area contributed by atoms with Crippen molar-refractivity contribution in [1.29, 1.82) is 0 Å². The Morgan fingerprint density at radius 2 is 2.29 bits per heavy atom. The Balaban J connectivity index is 1.82. The van der Waals surface area contributed by atoms with Crippen molar-refractivity contribution in [2.24, 2.45) is 0 Å². The molecule has 1 aromatic carbocycles. The van der Waals surface area contributed by atoms with Gasteiger partial charge in [-0.1, -0.05) is 23.5 Å². The number of benzene rings is 1. The summed E-state index contributed by atoms with van der Waals surface area (Å²) in [6, 6.07) is 5.99. The van der Waals surface area contributed by atoms with Crippen LogP contribution in [0, 0.1) is 6.92 Å². The van der Waals surface area contributed by atoms with E-state index in [1.54, 1.807) is 0 Å². The second kappa shape index (κ2) is 4.78. The van der Waals surface area contributed by atoms with Crippen LogP contribution in [0.5, 0.6) is 0 Å². The monoisotopic (exact) mass is 301 g/mol. The zero-order valence-corrected chi connectivity index (χ0v) is 12.4. The van der Waals surface area contributed by atoms with E-state index in [0.717, 1.165) is 45.6 Å². The maximum absolute atomic E-state index is 6.17. The van der Waals surface area contributed by atoms with Crippen LogP contribution in [0.1, 0.15) is 23.7 Å². The number of hydrogen-bond acceptors (Lipinski definition) is 6. The van der Waals surface area contributed by atoms with Gasteiger partial charge in [-0.3, -0.25) is 0 Å². The van der Waals surface area contributed by atoms with Gasteiger partial charge >= 0.3 is 0 Å². The van der Waals surface area contributed by atoms with Crippen molar-refractivity contribution < 1.29 is 4.74 Å². The quantitative estimate of drug-likeness (QED) is 0.734. The summed E-state index contributed by atoms with van der Waals surface area (Å²) in [5.74, 6) is 1.17. The molecule has 3 heterocycles. The van der Waals surface area contributed by atoms with Crippen molar-refractivity contribution in [2.45, 2.75) is 19.3 Å². The molecule has 0 aliphatic carbocycles. The van der Waals surface area contributed by atoms with Crippen molar-refractivity contribution in [3.8, 4) is 10.6 Å². The lowest BCUT2D eigenvalue weighted by atomic mass is 10.1. The lowest BCUT2D eigenvalue weighted by molar-refractivity contribution is 0.193. The zero-order valence-electron chi connectivity index (χ0n) is 11.6. The molecule has 0 amide bonds. The van der Waals surface area contributed by atoms with Crippen LogP contribution in [0.25, 0.3) is 15.5 Å². The number of nitrogens with two attached hydrogens (primary N) is 1. The number of para-hydroxylation sites is 1. The molecule has 1 saturated heterocycles. The van der Waals surface area contributed by atoms with Gasteiger partial charge in [0.2, 0.25) is 4.96 Å². The fraction of sp³-hybridized carbons (Fsp3) is 0.357. The van der Waals surface area contributed by atoms with Gasteiger partial charge < -0.3 is 10.5 Å². The van der Waals surface area contributed by atoms with E-state index in [9.17, 15) is 0 Å². The molecule has 1 aliphatic rings. The summed E-state index contributed by atoms with van der Waals surface area (Å²) in [4.78, 5) is 0.799. The molecule has 0 radical (unpaired) electrons. The molecule has 0 saturated carbocycles. The van der Waals surface area contributed by atoms with Gasteiger partial charge in [-0.05, 0) is 25.0 Å². The largest absolute Gasteiger partial charge is 0.398 e. The maximum atomic E-state index is 6.17. The standard InChI is InChI=1S/C14H15N5OS/c1-8-3-2-4-10(11(8)15)13-18-19-12(9-5-6-20-7-9)16-17-14(19)21-13/h2-4,9H,5-7,15H2,1H3. The molecule has 108 valence electrons. The normalized spacial score (nSPS) is 18.6. The molecular formula is C14H15N5OS. The third-order valence-corrected chi connectivity index (χ3v) is 4.80. The fourth-order valence-electron chi connectivity index (χ4n) is 2.60. The van der Waals surface area contributed by atoms with E-state index < -0.39 is 0 Å². The lowest BCUT2D eigenvalue weighted by Crippen LogP contribution is -2.05. The summed E-state index contributed by atoms with van der Waals surface area (Å²) in [5, 5.41) is 14.0. The Hall–Kier alpha value is -1.99. The molecule has 21 heavy (non-hydrogen) atoms. The number of nitrogens with zero attached hydrogens (tertiary/aromatic N) is 4. The molecule has 2 N–H and O–H groups in total. The topological polar surface area (TPSA) is 78.3 Å². The van der Waals surface area contributed by atoms with Crippen LogP contribution in [0.4, 0.5) is 5.69 Å². The van der Waals surface area contributed by atoms with Gasteiger partial charge in [0.05, 0.1) is 6.61 Å². The second-order valence-corrected chi connectivity index (χ2v) is 6.21. The van der Waals surface area contributed by atoms with Gasteiger partial charge in [0, 0.05) is 23.8 Å². The minimum absolute atomic E-state index is 0.282. The highest BCUT2D eigenvalue weighted by Crippen LogP contribution is 2.33. The molecule has 1 atom stereocenters. The predicted molar refractivity (Wildman–Crippen MR) is 81.4 cm³/mol. The SMILES string of the molecule is Cc1cccc(-c2nn3c(C4CCOC4)nnc3s2)c1N. The summed E-state index contributed by atoms with van der Waals surface area (Å²) in [5.41, 5.74) is 8.95. The molecule has 7 heteroatoms. The first kappa shape index (κ1) is 12.7. The van der Waals surface area contributed by atoms with E-state index in [0.29, 0.717) is 6.61 Å². The third kappa shape index (κ3) is 2.00.